The summed E-state index contributed by atoms with van der Waals surface area (Å²) in [5.41, 5.74) is 1.98. The maximum atomic E-state index is 5.95. The van der Waals surface area contributed by atoms with Crippen LogP contribution in [0.1, 0.15) is 44.4 Å². The highest BCUT2D eigenvalue weighted by Gasteiger charge is 2.21. The van der Waals surface area contributed by atoms with Gasteiger partial charge in [0, 0.05) is 49.6 Å². The highest BCUT2D eigenvalue weighted by molar-refractivity contribution is 5.33. The van der Waals surface area contributed by atoms with Gasteiger partial charge in [-0.3, -0.25) is 4.98 Å². The number of methoxy groups -OCH3 is 1. The summed E-state index contributed by atoms with van der Waals surface area (Å²) >= 11 is 0. The highest BCUT2D eigenvalue weighted by Crippen LogP contribution is 2.23. The van der Waals surface area contributed by atoms with Gasteiger partial charge in [-0.15, -0.1) is 0 Å². The van der Waals surface area contributed by atoms with E-state index in [-0.39, 0.29) is 5.60 Å². The van der Waals surface area contributed by atoms with Crippen LogP contribution in [-0.4, -0.2) is 30.3 Å². The first kappa shape index (κ1) is 15.3. The van der Waals surface area contributed by atoms with Crippen molar-refractivity contribution >= 4 is 0 Å². The van der Waals surface area contributed by atoms with Crippen LogP contribution in [0.4, 0.5) is 0 Å². The van der Waals surface area contributed by atoms with Gasteiger partial charge in [-0.25, -0.2) is 0 Å². The molecule has 112 valence electrons. The molecule has 1 aromatic rings. The Morgan fingerprint density at radius 2 is 2.15 bits per heavy atom. The molecule has 0 saturated heterocycles. The van der Waals surface area contributed by atoms with Crippen molar-refractivity contribution in [2.24, 2.45) is 0 Å². The molecule has 0 unspecified atom stereocenters. The van der Waals surface area contributed by atoms with Crippen LogP contribution in [0.5, 0.6) is 5.75 Å². The molecular weight excluding hydrogens is 252 g/mol. The summed E-state index contributed by atoms with van der Waals surface area (Å²) in [6, 6.07) is 2.71. The maximum absolute atomic E-state index is 5.95. The standard InChI is InChI=1S/C16H26N2O2/c1-12-9-15(20-8-7-16(2,3)19-4)13(10-17-12)11-18-14-5-6-14/h9-10,14,18H,5-8,11H2,1-4H3. The summed E-state index contributed by atoms with van der Waals surface area (Å²) < 4.78 is 11.4. The van der Waals surface area contributed by atoms with Gasteiger partial charge in [0.15, 0.2) is 0 Å². The fourth-order valence-corrected chi connectivity index (χ4v) is 1.88. The molecule has 4 heteroatoms. The van der Waals surface area contributed by atoms with Crippen LogP contribution in [0, 0.1) is 6.92 Å². The van der Waals surface area contributed by atoms with Crippen LogP contribution in [0.2, 0.25) is 0 Å². The lowest BCUT2D eigenvalue weighted by atomic mass is 10.1. The maximum Gasteiger partial charge on any atom is 0.127 e. The molecule has 0 spiro atoms. The Hall–Kier alpha value is -1.13. The van der Waals surface area contributed by atoms with Crippen LogP contribution in [0.3, 0.4) is 0 Å². The van der Waals surface area contributed by atoms with E-state index in [9.17, 15) is 0 Å². The number of pyridine rings is 1. The van der Waals surface area contributed by atoms with Crippen molar-refractivity contribution < 1.29 is 9.47 Å². The average molecular weight is 278 g/mol. The number of nitrogens with one attached hydrogen (secondary N) is 1. The lowest BCUT2D eigenvalue weighted by Gasteiger charge is -2.23. The topological polar surface area (TPSA) is 43.4 Å². The van der Waals surface area contributed by atoms with E-state index in [0.717, 1.165) is 30.0 Å². The number of aromatic nitrogens is 1. The highest BCUT2D eigenvalue weighted by atomic mass is 16.5. The van der Waals surface area contributed by atoms with Crippen LogP contribution < -0.4 is 10.1 Å². The Morgan fingerprint density at radius 3 is 2.80 bits per heavy atom. The van der Waals surface area contributed by atoms with E-state index in [0.29, 0.717) is 12.6 Å². The minimum Gasteiger partial charge on any atom is -0.493 e. The zero-order valence-corrected chi connectivity index (χ0v) is 13.0. The number of hydrogen-bond acceptors (Lipinski definition) is 4. The van der Waals surface area contributed by atoms with Crippen LogP contribution in [0.25, 0.3) is 0 Å². The molecule has 0 bridgehead atoms. The first-order chi connectivity index (χ1) is 9.50. The summed E-state index contributed by atoms with van der Waals surface area (Å²) in [5.74, 6) is 0.942. The second-order valence-corrected chi connectivity index (χ2v) is 6.15. The Labute approximate surface area is 121 Å². The van der Waals surface area contributed by atoms with Crippen LogP contribution in [-0.2, 0) is 11.3 Å². The fraction of sp³-hybridized carbons (Fsp3) is 0.688. The minimum absolute atomic E-state index is 0.144. The normalized spacial score (nSPS) is 15.4. The van der Waals surface area contributed by atoms with Gasteiger partial charge >= 0.3 is 0 Å². The monoisotopic (exact) mass is 278 g/mol. The third-order valence-electron chi connectivity index (χ3n) is 3.75. The van der Waals surface area contributed by atoms with Gasteiger partial charge in [0.1, 0.15) is 5.75 Å². The Kier molecular flexibility index (Phi) is 5.00. The van der Waals surface area contributed by atoms with Crippen molar-refractivity contribution in [1.82, 2.24) is 10.3 Å². The van der Waals surface area contributed by atoms with Crippen molar-refractivity contribution in [1.29, 1.82) is 0 Å². The molecule has 1 N–H and O–H groups in total. The molecule has 20 heavy (non-hydrogen) atoms. The fourth-order valence-electron chi connectivity index (χ4n) is 1.88. The van der Waals surface area contributed by atoms with Crippen molar-refractivity contribution in [3.63, 3.8) is 0 Å². The molecule has 1 heterocycles. The van der Waals surface area contributed by atoms with Gasteiger partial charge in [0.05, 0.1) is 12.2 Å². The number of nitrogens with zero attached hydrogens (tertiary/aromatic N) is 1. The zero-order chi connectivity index (χ0) is 14.6. The lowest BCUT2D eigenvalue weighted by Crippen LogP contribution is -2.25. The first-order valence-corrected chi connectivity index (χ1v) is 7.37. The molecule has 0 aliphatic heterocycles. The number of hydrogen-bond donors (Lipinski definition) is 1. The molecule has 2 rings (SSSR count). The summed E-state index contributed by atoms with van der Waals surface area (Å²) in [4.78, 5) is 4.37. The Bertz CT molecular complexity index is 442. The lowest BCUT2D eigenvalue weighted by molar-refractivity contribution is 0.00536. The molecular formula is C16H26N2O2. The van der Waals surface area contributed by atoms with Crippen LogP contribution in [0.15, 0.2) is 12.3 Å². The number of ether oxygens (including phenoxy) is 2. The molecule has 0 amide bonds. The molecule has 1 fully saturated rings. The SMILES string of the molecule is COC(C)(C)CCOc1cc(C)ncc1CNC1CC1. The summed E-state index contributed by atoms with van der Waals surface area (Å²) in [5, 5.41) is 3.51. The van der Waals surface area contributed by atoms with Gasteiger partial charge in [0.25, 0.3) is 0 Å². The molecule has 1 aliphatic carbocycles. The predicted octanol–water partition coefficient (Wildman–Crippen LogP) is 2.84. The second kappa shape index (κ2) is 6.55. The van der Waals surface area contributed by atoms with E-state index in [2.05, 4.69) is 24.1 Å². The predicted molar refractivity (Wildman–Crippen MR) is 80.0 cm³/mol. The molecule has 1 aromatic heterocycles. The van der Waals surface area contributed by atoms with E-state index in [4.69, 9.17) is 9.47 Å². The van der Waals surface area contributed by atoms with Gasteiger partial charge < -0.3 is 14.8 Å². The molecule has 0 atom stereocenters. The third-order valence-corrected chi connectivity index (χ3v) is 3.75. The van der Waals surface area contributed by atoms with E-state index in [1.165, 1.54) is 12.8 Å². The minimum atomic E-state index is -0.144. The number of aryl methyl sites for hydroxylation is 1. The molecule has 1 saturated carbocycles. The van der Waals surface area contributed by atoms with Crippen LogP contribution >= 0.6 is 0 Å². The zero-order valence-electron chi connectivity index (χ0n) is 13.0. The third kappa shape index (κ3) is 4.76. The van der Waals surface area contributed by atoms with Crippen molar-refractivity contribution in [3.05, 3.63) is 23.5 Å². The molecule has 1 aliphatic rings. The van der Waals surface area contributed by atoms with Gasteiger partial charge in [-0.1, -0.05) is 0 Å². The van der Waals surface area contributed by atoms with Crippen molar-refractivity contribution in [2.75, 3.05) is 13.7 Å². The molecule has 0 radical (unpaired) electrons. The summed E-state index contributed by atoms with van der Waals surface area (Å²) in [6.07, 6.45) is 5.36. The van der Waals surface area contributed by atoms with Crippen molar-refractivity contribution in [2.45, 2.75) is 58.2 Å². The van der Waals surface area contributed by atoms with Crippen molar-refractivity contribution in [3.8, 4) is 5.75 Å². The average Bonchev–Trinajstić information content (AvgIpc) is 3.22. The summed E-state index contributed by atoms with van der Waals surface area (Å²) in [6.45, 7) is 7.62. The van der Waals surface area contributed by atoms with E-state index >= 15 is 0 Å². The Balaban J connectivity index is 1.91. The molecule has 0 aromatic carbocycles. The Morgan fingerprint density at radius 1 is 1.40 bits per heavy atom. The van der Waals surface area contributed by atoms with E-state index < -0.39 is 0 Å². The second-order valence-electron chi connectivity index (χ2n) is 6.15. The van der Waals surface area contributed by atoms with E-state index in [1.807, 2.05) is 19.2 Å². The largest absolute Gasteiger partial charge is 0.493 e. The van der Waals surface area contributed by atoms with Gasteiger partial charge in [0.2, 0.25) is 0 Å². The van der Waals surface area contributed by atoms with Gasteiger partial charge in [-0.2, -0.15) is 0 Å². The number of rotatable bonds is 8. The quantitative estimate of drug-likeness (QED) is 0.794. The molecule has 4 nitrogen and oxygen atoms in total. The van der Waals surface area contributed by atoms with Gasteiger partial charge in [-0.05, 0) is 33.6 Å². The first-order valence-electron chi connectivity index (χ1n) is 7.37. The summed E-state index contributed by atoms with van der Waals surface area (Å²) in [7, 11) is 1.74. The smallest absolute Gasteiger partial charge is 0.127 e. The van der Waals surface area contributed by atoms with E-state index in [1.54, 1.807) is 7.11 Å².